The van der Waals surface area contributed by atoms with E-state index in [4.69, 9.17) is 5.73 Å². The minimum absolute atomic E-state index is 0.0104. The van der Waals surface area contributed by atoms with Crippen LogP contribution < -0.4 is 16.1 Å². The van der Waals surface area contributed by atoms with E-state index in [0.29, 0.717) is 16.9 Å². The van der Waals surface area contributed by atoms with Gasteiger partial charge in [-0.25, -0.2) is 0 Å². The molecule has 0 saturated carbocycles. The summed E-state index contributed by atoms with van der Waals surface area (Å²) in [6.45, 7) is 3.39. The van der Waals surface area contributed by atoms with E-state index in [1.54, 1.807) is 48.8 Å². The Kier molecular flexibility index (Phi) is 4.81. The topological polar surface area (TPSA) is 101 Å². The molecule has 0 aliphatic carbocycles. The van der Waals surface area contributed by atoms with E-state index in [9.17, 15) is 9.59 Å². The molecule has 7 heteroatoms. The SMILES string of the molecule is C=NN(C(=O)CNc1cccc(C(N)=O)c1)c1ccncc1. The molecule has 0 saturated heterocycles. The number of primary amides is 1. The lowest BCUT2D eigenvalue weighted by Gasteiger charge is -2.17. The standard InChI is InChI=1S/C15H15N5O2/c1-17-20(13-5-7-18-8-6-13)14(21)10-19-12-4-2-3-11(9-12)15(16)22/h2-9,19H,1,10H2,(H2,16,22). The van der Waals surface area contributed by atoms with Gasteiger partial charge >= 0.3 is 0 Å². The Bertz CT molecular complexity index is 687. The highest BCUT2D eigenvalue weighted by molar-refractivity contribution is 5.96. The van der Waals surface area contributed by atoms with Crippen LogP contribution in [0.2, 0.25) is 0 Å². The summed E-state index contributed by atoms with van der Waals surface area (Å²) in [5, 5.41) is 7.80. The summed E-state index contributed by atoms with van der Waals surface area (Å²) in [5.74, 6) is -0.827. The van der Waals surface area contributed by atoms with Gasteiger partial charge in [-0.05, 0) is 30.3 Å². The van der Waals surface area contributed by atoms with Crippen LogP contribution in [0.5, 0.6) is 0 Å². The van der Waals surface area contributed by atoms with Crippen molar-refractivity contribution in [3.05, 3.63) is 54.4 Å². The van der Waals surface area contributed by atoms with Crippen LogP contribution in [0.15, 0.2) is 53.9 Å². The van der Waals surface area contributed by atoms with Gasteiger partial charge in [0, 0.05) is 30.4 Å². The lowest BCUT2D eigenvalue weighted by Crippen LogP contribution is -2.31. The fourth-order valence-corrected chi connectivity index (χ4v) is 1.82. The van der Waals surface area contributed by atoms with Crippen molar-refractivity contribution in [3.63, 3.8) is 0 Å². The van der Waals surface area contributed by atoms with Crippen LogP contribution in [-0.4, -0.2) is 30.1 Å². The molecule has 0 unspecified atom stereocenters. The summed E-state index contributed by atoms with van der Waals surface area (Å²) in [4.78, 5) is 27.2. The van der Waals surface area contributed by atoms with Gasteiger partial charge in [-0.1, -0.05) is 6.07 Å². The van der Waals surface area contributed by atoms with Gasteiger partial charge in [0.1, 0.15) is 0 Å². The molecule has 3 N–H and O–H groups in total. The summed E-state index contributed by atoms with van der Waals surface area (Å²) in [7, 11) is 0. The van der Waals surface area contributed by atoms with Crippen LogP contribution >= 0.6 is 0 Å². The molecule has 0 aliphatic heterocycles. The largest absolute Gasteiger partial charge is 0.376 e. The van der Waals surface area contributed by atoms with Crippen LogP contribution in [0.25, 0.3) is 0 Å². The van der Waals surface area contributed by atoms with Crippen molar-refractivity contribution < 1.29 is 9.59 Å². The number of hydrogen-bond acceptors (Lipinski definition) is 5. The summed E-state index contributed by atoms with van der Waals surface area (Å²) >= 11 is 0. The van der Waals surface area contributed by atoms with Gasteiger partial charge in [0.05, 0.1) is 12.2 Å². The van der Waals surface area contributed by atoms with Gasteiger partial charge in [0.2, 0.25) is 5.91 Å². The minimum atomic E-state index is -0.527. The number of amides is 2. The summed E-state index contributed by atoms with van der Waals surface area (Å²) in [6.07, 6.45) is 3.12. The summed E-state index contributed by atoms with van der Waals surface area (Å²) in [6, 6.07) is 9.90. The Labute approximate surface area is 127 Å². The molecule has 0 aliphatic rings. The van der Waals surface area contributed by atoms with Crippen molar-refractivity contribution in [2.45, 2.75) is 0 Å². The highest BCUT2D eigenvalue weighted by atomic mass is 16.2. The Morgan fingerprint density at radius 2 is 2.00 bits per heavy atom. The molecule has 2 aromatic rings. The maximum Gasteiger partial charge on any atom is 0.266 e. The molecule has 7 nitrogen and oxygen atoms in total. The number of nitrogens with zero attached hydrogens (tertiary/aromatic N) is 3. The Hall–Kier alpha value is -3.22. The van der Waals surface area contributed by atoms with E-state index >= 15 is 0 Å². The van der Waals surface area contributed by atoms with Crippen LogP contribution in [-0.2, 0) is 4.79 Å². The van der Waals surface area contributed by atoms with Crippen molar-refractivity contribution in [3.8, 4) is 0 Å². The fraction of sp³-hybridized carbons (Fsp3) is 0.0667. The second-order valence-corrected chi connectivity index (χ2v) is 4.35. The molecule has 2 rings (SSSR count). The third kappa shape index (κ3) is 3.66. The molecule has 112 valence electrons. The molecule has 0 spiro atoms. The van der Waals surface area contributed by atoms with E-state index in [-0.39, 0.29) is 12.5 Å². The third-order valence-electron chi connectivity index (χ3n) is 2.88. The van der Waals surface area contributed by atoms with E-state index in [1.807, 2.05) is 0 Å². The first-order valence-electron chi connectivity index (χ1n) is 6.45. The number of rotatable bonds is 6. The van der Waals surface area contributed by atoms with Gasteiger partial charge < -0.3 is 11.1 Å². The third-order valence-corrected chi connectivity index (χ3v) is 2.88. The molecular weight excluding hydrogens is 282 g/mol. The zero-order valence-electron chi connectivity index (χ0n) is 11.8. The van der Waals surface area contributed by atoms with E-state index < -0.39 is 5.91 Å². The maximum atomic E-state index is 12.2. The van der Waals surface area contributed by atoms with Crippen molar-refractivity contribution >= 4 is 29.9 Å². The Morgan fingerprint density at radius 3 is 2.64 bits per heavy atom. The lowest BCUT2D eigenvalue weighted by atomic mass is 10.2. The van der Waals surface area contributed by atoms with Gasteiger partial charge in [0.15, 0.2) is 0 Å². The number of pyridine rings is 1. The first-order valence-corrected chi connectivity index (χ1v) is 6.45. The second kappa shape index (κ2) is 6.98. The Balaban J connectivity index is 2.04. The number of hydrogen-bond donors (Lipinski definition) is 2. The van der Waals surface area contributed by atoms with Crippen LogP contribution in [0.3, 0.4) is 0 Å². The van der Waals surface area contributed by atoms with Gasteiger partial charge in [0.25, 0.3) is 5.91 Å². The second-order valence-electron chi connectivity index (χ2n) is 4.35. The first-order chi connectivity index (χ1) is 10.6. The zero-order chi connectivity index (χ0) is 15.9. The van der Waals surface area contributed by atoms with Crippen molar-refractivity contribution in [2.24, 2.45) is 10.8 Å². The fourth-order valence-electron chi connectivity index (χ4n) is 1.82. The summed E-state index contributed by atoms with van der Waals surface area (Å²) in [5.41, 5.74) is 6.77. The first kappa shape index (κ1) is 15.2. The van der Waals surface area contributed by atoms with E-state index in [2.05, 4.69) is 22.1 Å². The number of anilines is 2. The molecule has 1 aromatic heterocycles. The number of benzene rings is 1. The molecule has 1 heterocycles. The number of carbonyl (C=O) groups is 2. The monoisotopic (exact) mass is 297 g/mol. The molecule has 0 radical (unpaired) electrons. The number of aromatic nitrogens is 1. The Morgan fingerprint density at radius 1 is 1.27 bits per heavy atom. The highest BCUT2D eigenvalue weighted by Crippen LogP contribution is 2.14. The maximum absolute atomic E-state index is 12.2. The molecule has 0 atom stereocenters. The number of nitrogens with two attached hydrogens (primary N) is 1. The zero-order valence-corrected chi connectivity index (χ0v) is 11.8. The minimum Gasteiger partial charge on any atom is -0.376 e. The van der Waals surface area contributed by atoms with E-state index in [0.717, 1.165) is 0 Å². The molecular formula is C15H15N5O2. The van der Waals surface area contributed by atoms with Crippen molar-refractivity contribution in [2.75, 3.05) is 16.9 Å². The molecule has 22 heavy (non-hydrogen) atoms. The molecule has 0 bridgehead atoms. The molecule has 2 amide bonds. The van der Waals surface area contributed by atoms with Gasteiger partial charge in [-0.3, -0.25) is 14.6 Å². The number of nitrogens with one attached hydrogen (secondary N) is 1. The lowest BCUT2D eigenvalue weighted by molar-refractivity contribution is -0.117. The number of hydrazone groups is 1. The molecule has 1 aromatic carbocycles. The summed E-state index contributed by atoms with van der Waals surface area (Å²) < 4.78 is 0. The van der Waals surface area contributed by atoms with Gasteiger partial charge in [-0.15, -0.1) is 0 Å². The van der Waals surface area contributed by atoms with Crippen LogP contribution in [0.1, 0.15) is 10.4 Å². The van der Waals surface area contributed by atoms with Crippen molar-refractivity contribution in [1.29, 1.82) is 0 Å². The average molecular weight is 297 g/mol. The van der Waals surface area contributed by atoms with Crippen LogP contribution in [0, 0.1) is 0 Å². The number of carbonyl (C=O) groups excluding carboxylic acids is 2. The van der Waals surface area contributed by atoms with Crippen molar-refractivity contribution in [1.82, 2.24) is 4.98 Å². The van der Waals surface area contributed by atoms with Gasteiger partial charge in [-0.2, -0.15) is 10.1 Å². The van der Waals surface area contributed by atoms with E-state index in [1.165, 1.54) is 5.01 Å². The highest BCUT2D eigenvalue weighted by Gasteiger charge is 2.13. The smallest absolute Gasteiger partial charge is 0.266 e. The predicted octanol–water partition coefficient (Wildman–Crippen LogP) is 1.24. The normalized spacial score (nSPS) is 9.82. The molecule has 0 fully saturated rings. The quantitative estimate of drug-likeness (QED) is 0.618. The predicted molar refractivity (Wildman–Crippen MR) is 84.7 cm³/mol. The average Bonchev–Trinajstić information content (AvgIpc) is 2.55. The van der Waals surface area contributed by atoms with Crippen LogP contribution in [0.4, 0.5) is 11.4 Å².